The molecule has 4 unspecified atom stereocenters. The van der Waals surface area contributed by atoms with Crippen molar-refractivity contribution in [3.63, 3.8) is 0 Å². The SMILES string of the molecule is CCOC(C)Oc1ccc(C2(C)CC(C)(C)Oc3cc(OC(C)OCC)ccc32)c(OC(C)OCC)c1. The summed E-state index contributed by atoms with van der Waals surface area (Å²) in [5.41, 5.74) is 1.26. The van der Waals surface area contributed by atoms with Crippen molar-refractivity contribution in [3.8, 4) is 23.0 Å². The lowest BCUT2D eigenvalue weighted by Gasteiger charge is -2.45. The number of benzene rings is 2. The summed E-state index contributed by atoms with van der Waals surface area (Å²) < 4.78 is 41.6. The molecule has 1 heterocycles. The minimum atomic E-state index is -0.423. The quantitative estimate of drug-likeness (QED) is 0.270. The summed E-state index contributed by atoms with van der Waals surface area (Å²) in [6.07, 6.45) is -0.395. The number of rotatable bonds is 13. The molecule has 1 aliphatic heterocycles. The van der Waals surface area contributed by atoms with E-state index in [4.69, 9.17) is 33.2 Å². The highest BCUT2D eigenvalue weighted by atomic mass is 16.7. The zero-order chi connectivity index (χ0) is 27.2. The van der Waals surface area contributed by atoms with Crippen LogP contribution in [0.5, 0.6) is 23.0 Å². The molecular formula is C30H44O7. The van der Waals surface area contributed by atoms with Crippen LogP contribution in [0.2, 0.25) is 0 Å². The Balaban J connectivity index is 2.06. The monoisotopic (exact) mass is 516 g/mol. The maximum Gasteiger partial charge on any atom is 0.196 e. The molecule has 0 N–H and O–H groups in total. The van der Waals surface area contributed by atoms with Gasteiger partial charge in [0.2, 0.25) is 0 Å². The molecule has 0 radical (unpaired) electrons. The fourth-order valence-corrected chi connectivity index (χ4v) is 5.13. The predicted octanol–water partition coefficient (Wildman–Crippen LogP) is 6.84. The highest BCUT2D eigenvalue weighted by Crippen LogP contribution is 2.52. The van der Waals surface area contributed by atoms with Crippen LogP contribution in [0.3, 0.4) is 0 Å². The first-order chi connectivity index (χ1) is 17.5. The van der Waals surface area contributed by atoms with Crippen LogP contribution in [0, 0.1) is 0 Å². The maximum absolute atomic E-state index is 6.45. The van der Waals surface area contributed by atoms with Gasteiger partial charge in [-0.1, -0.05) is 19.1 Å². The van der Waals surface area contributed by atoms with Crippen LogP contribution >= 0.6 is 0 Å². The fraction of sp³-hybridized carbons (Fsp3) is 0.600. The lowest BCUT2D eigenvalue weighted by Crippen LogP contribution is -2.43. The Kier molecular flexibility index (Phi) is 9.73. The third kappa shape index (κ3) is 7.30. The van der Waals surface area contributed by atoms with Gasteiger partial charge in [-0.05, 0) is 67.5 Å². The van der Waals surface area contributed by atoms with Crippen LogP contribution in [0.15, 0.2) is 36.4 Å². The molecule has 1 aliphatic rings. The average molecular weight is 517 g/mol. The summed E-state index contributed by atoms with van der Waals surface area (Å²) in [4.78, 5) is 0. The first-order valence-electron chi connectivity index (χ1n) is 13.3. The Morgan fingerprint density at radius 3 is 1.73 bits per heavy atom. The van der Waals surface area contributed by atoms with Crippen LogP contribution in [0.25, 0.3) is 0 Å². The van der Waals surface area contributed by atoms with E-state index in [9.17, 15) is 0 Å². The molecule has 4 atom stereocenters. The second-order valence-electron chi connectivity index (χ2n) is 10.1. The Hall–Kier alpha value is -2.48. The molecule has 2 aromatic carbocycles. The highest BCUT2D eigenvalue weighted by Gasteiger charge is 2.45. The number of ether oxygens (including phenoxy) is 7. The van der Waals surface area contributed by atoms with E-state index >= 15 is 0 Å². The van der Waals surface area contributed by atoms with Crippen LogP contribution in [-0.2, 0) is 19.6 Å². The molecule has 0 bridgehead atoms. The van der Waals surface area contributed by atoms with Gasteiger partial charge in [-0.3, -0.25) is 0 Å². The first-order valence-corrected chi connectivity index (χ1v) is 13.3. The molecule has 7 nitrogen and oxygen atoms in total. The van der Waals surface area contributed by atoms with E-state index < -0.39 is 17.3 Å². The third-order valence-corrected chi connectivity index (χ3v) is 6.36. The molecule has 0 aromatic heterocycles. The normalized spacial score (nSPS) is 20.8. The molecule has 2 aromatic rings. The Morgan fingerprint density at radius 1 is 0.703 bits per heavy atom. The summed E-state index contributed by atoms with van der Waals surface area (Å²) in [7, 11) is 0. The van der Waals surface area contributed by atoms with E-state index in [1.54, 1.807) is 0 Å². The van der Waals surface area contributed by atoms with Gasteiger partial charge in [0.25, 0.3) is 0 Å². The second kappa shape index (κ2) is 12.4. The van der Waals surface area contributed by atoms with Crippen LogP contribution in [0.1, 0.15) is 79.9 Å². The second-order valence-corrected chi connectivity index (χ2v) is 10.1. The maximum atomic E-state index is 6.45. The van der Waals surface area contributed by atoms with E-state index in [2.05, 4.69) is 32.9 Å². The van der Waals surface area contributed by atoms with Crippen LogP contribution in [0.4, 0.5) is 0 Å². The summed E-state index contributed by atoms with van der Waals surface area (Å²) in [5.74, 6) is 2.87. The van der Waals surface area contributed by atoms with E-state index in [1.807, 2.05) is 65.8 Å². The van der Waals surface area contributed by atoms with Gasteiger partial charge in [0.05, 0.1) is 0 Å². The summed E-state index contributed by atoms with van der Waals surface area (Å²) in [5, 5.41) is 0. The molecule has 3 rings (SSSR count). The topological polar surface area (TPSA) is 64.6 Å². The molecule has 0 spiro atoms. The lowest BCUT2D eigenvalue weighted by atomic mass is 9.67. The summed E-state index contributed by atoms with van der Waals surface area (Å²) >= 11 is 0. The molecule has 206 valence electrons. The molecule has 0 saturated carbocycles. The standard InChI is InChI=1S/C30H44O7/c1-10-31-20(4)34-23-13-15-25(27(17-23)36-22(6)33-12-3)30(9)19-29(7,8)37-28-18-24(14-16-26(28)30)35-21(5)32-11-2/h13-18,20-22H,10-12,19H2,1-9H3. The van der Waals surface area contributed by atoms with Gasteiger partial charge in [0, 0.05) is 54.9 Å². The summed E-state index contributed by atoms with van der Waals surface area (Å²) in [6.45, 7) is 19.7. The van der Waals surface area contributed by atoms with Crippen LogP contribution < -0.4 is 18.9 Å². The molecular weight excluding hydrogens is 472 g/mol. The van der Waals surface area contributed by atoms with Gasteiger partial charge >= 0.3 is 0 Å². The van der Waals surface area contributed by atoms with E-state index in [-0.39, 0.29) is 12.6 Å². The van der Waals surface area contributed by atoms with Crippen molar-refractivity contribution < 1.29 is 33.2 Å². The minimum Gasteiger partial charge on any atom is -0.487 e. The molecule has 0 saturated heterocycles. The molecule has 37 heavy (non-hydrogen) atoms. The zero-order valence-electron chi connectivity index (χ0n) is 23.9. The van der Waals surface area contributed by atoms with Crippen molar-refractivity contribution in [3.05, 3.63) is 47.5 Å². The van der Waals surface area contributed by atoms with Gasteiger partial charge in [0.15, 0.2) is 18.9 Å². The van der Waals surface area contributed by atoms with Crippen molar-refractivity contribution in [1.29, 1.82) is 0 Å². The molecule has 0 aliphatic carbocycles. The van der Waals surface area contributed by atoms with Crippen molar-refractivity contribution in [2.45, 2.75) is 98.6 Å². The first kappa shape index (κ1) is 29.1. The minimum absolute atomic E-state index is 0.349. The van der Waals surface area contributed by atoms with E-state index in [0.29, 0.717) is 37.1 Å². The van der Waals surface area contributed by atoms with E-state index in [0.717, 1.165) is 23.3 Å². The van der Waals surface area contributed by atoms with Gasteiger partial charge < -0.3 is 33.2 Å². The smallest absolute Gasteiger partial charge is 0.196 e. The van der Waals surface area contributed by atoms with Gasteiger partial charge in [0.1, 0.15) is 28.6 Å². The number of hydrogen-bond donors (Lipinski definition) is 0. The van der Waals surface area contributed by atoms with Gasteiger partial charge in [-0.2, -0.15) is 0 Å². The average Bonchev–Trinajstić information content (AvgIpc) is 2.78. The Labute approximate surface area is 222 Å². The fourth-order valence-electron chi connectivity index (χ4n) is 5.13. The highest BCUT2D eigenvalue weighted by molar-refractivity contribution is 5.56. The molecule has 0 amide bonds. The Morgan fingerprint density at radius 2 is 1.19 bits per heavy atom. The lowest BCUT2D eigenvalue weighted by molar-refractivity contribution is -0.0657. The number of hydrogen-bond acceptors (Lipinski definition) is 7. The molecule has 7 heteroatoms. The van der Waals surface area contributed by atoms with Crippen molar-refractivity contribution >= 4 is 0 Å². The van der Waals surface area contributed by atoms with E-state index in [1.165, 1.54) is 0 Å². The summed E-state index contributed by atoms with van der Waals surface area (Å²) in [6, 6.07) is 12.0. The largest absolute Gasteiger partial charge is 0.487 e. The van der Waals surface area contributed by atoms with Crippen LogP contribution in [-0.4, -0.2) is 44.3 Å². The van der Waals surface area contributed by atoms with Crippen molar-refractivity contribution in [1.82, 2.24) is 0 Å². The predicted molar refractivity (Wildman–Crippen MR) is 144 cm³/mol. The van der Waals surface area contributed by atoms with Gasteiger partial charge in [-0.25, -0.2) is 0 Å². The zero-order valence-corrected chi connectivity index (χ0v) is 23.9. The van der Waals surface area contributed by atoms with Gasteiger partial charge in [-0.15, -0.1) is 0 Å². The Bertz CT molecular complexity index is 1020. The van der Waals surface area contributed by atoms with Crippen molar-refractivity contribution in [2.24, 2.45) is 0 Å². The van der Waals surface area contributed by atoms with Crippen molar-refractivity contribution in [2.75, 3.05) is 19.8 Å². The molecule has 0 fully saturated rings. The third-order valence-electron chi connectivity index (χ3n) is 6.36. The number of fused-ring (bicyclic) bond motifs is 1.